The second-order valence-electron chi connectivity index (χ2n) is 5.54. The lowest BCUT2D eigenvalue weighted by Gasteiger charge is -2.24. The zero-order valence-corrected chi connectivity index (χ0v) is 14.2. The van der Waals surface area contributed by atoms with Crippen LogP contribution in [0.15, 0.2) is 54.6 Å². The van der Waals surface area contributed by atoms with Crippen molar-refractivity contribution in [3.8, 4) is 5.75 Å². The van der Waals surface area contributed by atoms with Gasteiger partial charge in [-0.2, -0.15) is 0 Å². The van der Waals surface area contributed by atoms with Gasteiger partial charge in [0.2, 0.25) is 11.8 Å². The van der Waals surface area contributed by atoms with E-state index in [1.807, 2.05) is 30.3 Å². The molecule has 0 saturated heterocycles. The number of likely N-dealkylation sites (N-methyl/N-ethyl adjacent to an activating group) is 1. The van der Waals surface area contributed by atoms with Gasteiger partial charge in [0.05, 0.1) is 7.11 Å². The molecule has 0 aliphatic heterocycles. The molecule has 0 radical (unpaired) electrons. The number of ether oxygens (including phenoxy) is 1. The molecule has 0 atom stereocenters. The number of hydrogen-bond acceptors (Lipinski definition) is 3. The Morgan fingerprint density at radius 2 is 1.75 bits per heavy atom. The Bertz CT molecular complexity index is 701. The van der Waals surface area contributed by atoms with Crippen molar-refractivity contribution in [2.75, 3.05) is 25.6 Å². The van der Waals surface area contributed by atoms with Gasteiger partial charge in [-0.3, -0.25) is 9.59 Å². The molecule has 2 amide bonds. The molecule has 126 valence electrons. The summed E-state index contributed by atoms with van der Waals surface area (Å²) in [5.41, 5.74) is 1.69. The predicted molar refractivity (Wildman–Crippen MR) is 93.9 cm³/mol. The summed E-state index contributed by atoms with van der Waals surface area (Å²) in [6.07, 6.45) is 0. The molecule has 0 spiro atoms. The molecule has 0 N–H and O–H groups in total. The molecule has 0 aromatic heterocycles. The van der Waals surface area contributed by atoms with E-state index in [0.29, 0.717) is 18.0 Å². The Balaban J connectivity index is 2.09. The lowest BCUT2D eigenvalue weighted by atomic mass is 10.2. The zero-order valence-electron chi connectivity index (χ0n) is 14.2. The molecule has 24 heavy (non-hydrogen) atoms. The van der Waals surface area contributed by atoms with Gasteiger partial charge in [-0.25, -0.2) is 0 Å². The minimum absolute atomic E-state index is 0.00810. The number of carbonyl (C=O) groups is 2. The molecule has 0 heterocycles. The van der Waals surface area contributed by atoms with Crippen LogP contribution in [0.25, 0.3) is 0 Å². The number of methoxy groups -OCH3 is 1. The van der Waals surface area contributed by atoms with Crippen LogP contribution in [0.3, 0.4) is 0 Å². The molecule has 0 unspecified atom stereocenters. The van der Waals surface area contributed by atoms with Crippen molar-refractivity contribution in [2.45, 2.75) is 13.5 Å². The van der Waals surface area contributed by atoms with Crippen molar-refractivity contribution in [2.24, 2.45) is 0 Å². The molecule has 5 heteroatoms. The maximum Gasteiger partial charge on any atom is 0.242 e. The Morgan fingerprint density at radius 3 is 2.38 bits per heavy atom. The topological polar surface area (TPSA) is 49.9 Å². The number of amides is 2. The van der Waals surface area contributed by atoms with Crippen LogP contribution in [-0.2, 0) is 16.1 Å². The van der Waals surface area contributed by atoms with E-state index in [-0.39, 0.29) is 18.4 Å². The van der Waals surface area contributed by atoms with Crippen LogP contribution in [0.1, 0.15) is 12.5 Å². The van der Waals surface area contributed by atoms with E-state index in [2.05, 4.69) is 0 Å². The van der Waals surface area contributed by atoms with Crippen LogP contribution in [0.5, 0.6) is 5.75 Å². The number of anilines is 1. The van der Waals surface area contributed by atoms with Crippen molar-refractivity contribution in [1.82, 2.24) is 4.90 Å². The summed E-state index contributed by atoms with van der Waals surface area (Å²) in [4.78, 5) is 27.5. The zero-order chi connectivity index (χ0) is 17.5. The summed E-state index contributed by atoms with van der Waals surface area (Å²) in [7, 11) is 3.30. The van der Waals surface area contributed by atoms with Crippen molar-refractivity contribution < 1.29 is 14.3 Å². The largest absolute Gasteiger partial charge is 0.497 e. The fourth-order valence-corrected chi connectivity index (χ4v) is 2.36. The number of hydrogen-bond donors (Lipinski definition) is 0. The van der Waals surface area contributed by atoms with Crippen LogP contribution in [0.2, 0.25) is 0 Å². The van der Waals surface area contributed by atoms with Gasteiger partial charge in [-0.1, -0.05) is 36.4 Å². The quantitative estimate of drug-likeness (QED) is 0.820. The lowest BCUT2D eigenvalue weighted by molar-refractivity contribution is -0.130. The number of rotatable bonds is 6. The highest BCUT2D eigenvalue weighted by atomic mass is 16.5. The van der Waals surface area contributed by atoms with E-state index in [4.69, 9.17) is 4.74 Å². The lowest BCUT2D eigenvalue weighted by Crippen LogP contribution is -2.40. The van der Waals surface area contributed by atoms with E-state index in [1.165, 1.54) is 11.8 Å². The molecule has 2 rings (SSSR count). The summed E-state index contributed by atoms with van der Waals surface area (Å²) >= 11 is 0. The average molecular weight is 326 g/mol. The average Bonchev–Trinajstić information content (AvgIpc) is 2.60. The molecule has 0 bridgehead atoms. The molecule has 5 nitrogen and oxygen atoms in total. The third-order valence-electron chi connectivity index (χ3n) is 3.73. The minimum atomic E-state index is -0.190. The third-order valence-corrected chi connectivity index (χ3v) is 3.73. The Labute approximate surface area is 142 Å². The van der Waals surface area contributed by atoms with Gasteiger partial charge >= 0.3 is 0 Å². The van der Waals surface area contributed by atoms with Crippen molar-refractivity contribution in [1.29, 1.82) is 0 Å². The SMILES string of the molecule is COc1cccc(N(CC(=O)N(C)Cc2ccccc2)C(C)=O)c1. The first-order valence-corrected chi connectivity index (χ1v) is 7.71. The van der Waals surface area contributed by atoms with E-state index >= 15 is 0 Å². The maximum absolute atomic E-state index is 12.5. The van der Waals surface area contributed by atoms with Crippen LogP contribution in [0.4, 0.5) is 5.69 Å². The summed E-state index contributed by atoms with van der Waals surface area (Å²) < 4.78 is 5.18. The highest BCUT2D eigenvalue weighted by Crippen LogP contribution is 2.21. The van der Waals surface area contributed by atoms with E-state index in [9.17, 15) is 9.59 Å². The summed E-state index contributed by atoms with van der Waals surface area (Å²) in [6, 6.07) is 16.9. The standard InChI is InChI=1S/C19H22N2O3/c1-15(22)21(17-10-7-11-18(12-17)24-3)14-19(23)20(2)13-16-8-5-4-6-9-16/h4-12H,13-14H2,1-3H3. The van der Waals surface area contributed by atoms with E-state index in [0.717, 1.165) is 5.56 Å². The first-order chi connectivity index (χ1) is 11.5. The smallest absolute Gasteiger partial charge is 0.242 e. The van der Waals surface area contributed by atoms with Crippen LogP contribution >= 0.6 is 0 Å². The van der Waals surface area contributed by atoms with Gasteiger partial charge in [0.1, 0.15) is 12.3 Å². The van der Waals surface area contributed by atoms with Crippen LogP contribution < -0.4 is 9.64 Å². The third kappa shape index (κ3) is 4.59. The predicted octanol–water partition coefficient (Wildman–Crippen LogP) is 2.71. The first kappa shape index (κ1) is 17.5. The van der Waals surface area contributed by atoms with Crippen LogP contribution in [0, 0.1) is 0 Å². The molecule has 0 saturated carbocycles. The fraction of sp³-hybridized carbons (Fsp3) is 0.263. The van der Waals surface area contributed by atoms with Crippen molar-refractivity contribution in [3.63, 3.8) is 0 Å². The van der Waals surface area contributed by atoms with Gasteiger partial charge in [0, 0.05) is 32.3 Å². The molecule has 2 aromatic rings. The second-order valence-corrected chi connectivity index (χ2v) is 5.54. The molecule has 2 aromatic carbocycles. The Hall–Kier alpha value is -2.82. The normalized spacial score (nSPS) is 10.1. The van der Waals surface area contributed by atoms with Crippen LogP contribution in [-0.4, -0.2) is 37.4 Å². The minimum Gasteiger partial charge on any atom is -0.497 e. The van der Waals surface area contributed by atoms with Gasteiger partial charge in [0.15, 0.2) is 0 Å². The first-order valence-electron chi connectivity index (χ1n) is 7.71. The van der Waals surface area contributed by atoms with E-state index in [1.54, 1.807) is 43.3 Å². The Morgan fingerprint density at radius 1 is 1.04 bits per heavy atom. The maximum atomic E-state index is 12.5. The molecule has 0 fully saturated rings. The Kier molecular flexibility index (Phi) is 5.95. The monoisotopic (exact) mass is 326 g/mol. The van der Waals surface area contributed by atoms with E-state index < -0.39 is 0 Å². The highest BCUT2D eigenvalue weighted by Gasteiger charge is 2.19. The molecular formula is C19H22N2O3. The number of carbonyl (C=O) groups excluding carboxylic acids is 2. The summed E-state index contributed by atoms with van der Waals surface area (Å²) in [6.45, 7) is 1.94. The second kappa shape index (κ2) is 8.15. The molecule has 0 aliphatic rings. The fourth-order valence-electron chi connectivity index (χ4n) is 2.36. The number of nitrogens with zero attached hydrogens (tertiary/aromatic N) is 2. The number of benzene rings is 2. The molecular weight excluding hydrogens is 304 g/mol. The van der Waals surface area contributed by atoms with Crippen molar-refractivity contribution in [3.05, 3.63) is 60.2 Å². The van der Waals surface area contributed by atoms with Gasteiger partial charge in [0.25, 0.3) is 0 Å². The summed E-state index contributed by atoms with van der Waals surface area (Å²) in [5.74, 6) is 0.324. The van der Waals surface area contributed by atoms with Crippen molar-refractivity contribution >= 4 is 17.5 Å². The van der Waals surface area contributed by atoms with Gasteiger partial charge < -0.3 is 14.5 Å². The summed E-state index contributed by atoms with van der Waals surface area (Å²) in [5, 5.41) is 0. The highest BCUT2D eigenvalue weighted by molar-refractivity contribution is 5.97. The van der Waals surface area contributed by atoms with Gasteiger partial charge in [-0.15, -0.1) is 0 Å². The molecule has 0 aliphatic carbocycles. The van der Waals surface area contributed by atoms with Gasteiger partial charge in [-0.05, 0) is 17.7 Å².